The molecule has 2 atom stereocenters. The van der Waals surface area contributed by atoms with E-state index in [1.165, 1.54) is 0 Å². The molecule has 1 aromatic heterocycles. The predicted molar refractivity (Wildman–Crippen MR) is 107 cm³/mol. The van der Waals surface area contributed by atoms with Crippen molar-refractivity contribution >= 4 is 20.9 Å². The molecular formula is C21H23N3O2S. The molecule has 1 saturated heterocycles. The highest BCUT2D eigenvalue weighted by atomic mass is 32.2. The minimum absolute atomic E-state index is 0.104. The Morgan fingerprint density at radius 3 is 2.63 bits per heavy atom. The van der Waals surface area contributed by atoms with E-state index in [1.807, 2.05) is 49.4 Å². The third-order valence-corrected chi connectivity index (χ3v) is 7.23. The molecule has 2 heterocycles. The first-order valence-corrected chi connectivity index (χ1v) is 10.6. The van der Waals surface area contributed by atoms with Crippen LogP contribution in [0.15, 0.2) is 65.7 Å². The number of aromatic nitrogens is 1. The van der Waals surface area contributed by atoms with Gasteiger partial charge < -0.3 is 5.73 Å². The molecule has 27 heavy (non-hydrogen) atoms. The molecule has 1 aliphatic rings. The lowest BCUT2D eigenvalue weighted by molar-refractivity contribution is 0.459. The Balaban J connectivity index is 1.73. The van der Waals surface area contributed by atoms with E-state index in [4.69, 9.17) is 5.73 Å². The molecule has 0 saturated carbocycles. The summed E-state index contributed by atoms with van der Waals surface area (Å²) in [4.78, 5) is 4.67. The third-order valence-electron chi connectivity index (χ3n) is 5.37. The third kappa shape index (κ3) is 3.25. The van der Waals surface area contributed by atoms with Crippen molar-refractivity contribution in [1.82, 2.24) is 9.29 Å². The Hall–Kier alpha value is -2.28. The fourth-order valence-electron chi connectivity index (χ4n) is 3.93. The number of rotatable bonds is 4. The van der Waals surface area contributed by atoms with E-state index in [-0.39, 0.29) is 16.7 Å². The number of hydrogen-bond acceptors (Lipinski definition) is 4. The fraction of sp³-hybridized carbons (Fsp3) is 0.286. The van der Waals surface area contributed by atoms with Crippen LogP contribution >= 0.6 is 0 Å². The largest absolute Gasteiger partial charge is 0.330 e. The van der Waals surface area contributed by atoms with Crippen LogP contribution in [0.3, 0.4) is 0 Å². The molecule has 2 N–H and O–H groups in total. The lowest BCUT2D eigenvalue weighted by Gasteiger charge is -2.18. The first-order chi connectivity index (χ1) is 13.0. The normalized spacial score (nSPS) is 21.0. The molecule has 2 aromatic carbocycles. The summed E-state index contributed by atoms with van der Waals surface area (Å²) in [5.74, 6) is 0.212. The zero-order valence-corrected chi connectivity index (χ0v) is 16.1. The number of fused-ring (bicyclic) bond motifs is 1. The van der Waals surface area contributed by atoms with Crippen molar-refractivity contribution in [3.8, 4) is 0 Å². The fourth-order valence-corrected chi connectivity index (χ4v) is 5.62. The first kappa shape index (κ1) is 18.1. The van der Waals surface area contributed by atoms with Gasteiger partial charge in [0.25, 0.3) is 0 Å². The van der Waals surface area contributed by atoms with Gasteiger partial charge in [-0.1, -0.05) is 42.5 Å². The number of para-hydroxylation sites is 1. The maximum Gasteiger partial charge on any atom is 0.245 e. The SMILES string of the molecule is Cc1cnc2c(S(=O)(=O)N3C[C@@H](CN)[C@H](c4ccccc4)C3)cccc2c1. The van der Waals surface area contributed by atoms with E-state index in [0.717, 1.165) is 16.5 Å². The molecule has 1 fully saturated rings. The molecule has 5 nitrogen and oxygen atoms in total. The van der Waals surface area contributed by atoms with Gasteiger partial charge in [-0.2, -0.15) is 4.31 Å². The Morgan fingerprint density at radius 2 is 1.89 bits per heavy atom. The summed E-state index contributed by atoms with van der Waals surface area (Å²) < 4.78 is 28.4. The van der Waals surface area contributed by atoms with Crippen LogP contribution in [0, 0.1) is 12.8 Å². The Bertz CT molecular complexity index is 1070. The van der Waals surface area contributed by atoms with E-state index in [0.29, 0.717) is 25.2 Å². The van der Waals surface area contributed by atoms with Gasteiger partial charge in [-0.05, 0) is 42.6 Å². The summed E-state index contributed by atoms with van der Waals surface area (Å²) in [6.07, 6.45) is 1.71. The van der Waals surface area contributed by atoms with Gasteiger partial charge in [0.15, 0.2) is 0 Å². The lowest BCUT2D eigenvalue weighted by atomic mass is 9.89. The molecule has 0 amide bonds. The minimum Gasteiger partial charge on any atom is -0.330 e. The Labute approximate surface area is 159 Å². The first-order valence-electron chi connectivity index (χ1n) is 9.11. The average molecular weight is 382 g/mol. The topological polar surface area (TPSA) is 76.3 Å². The van der Waals surface area contributed by atoms with Crippen molar-refractivity contribution in [3.63, 3.8) is 0 Å². The molecule has 0 aliphatic carbocycles. The second-order valence-electron chi connectivity index (χ2n) is 7.18. The molecule has 6 heteroatoms. The molecule has 0 radical (unpaired) electrons. The zero-order chi connectivity index (χ0) is 19.0. The zero-order valence-electron chi connectivity index (χ0n) is 15.2. The minimum atomic E-state index is -3.65. The second kappa shape index (κ2) is 7.03. The van der Waals surface area contributed by atoms with Gasteiger partial charge in [0.05, 0.1) is 5.52 Å². The number of aryl methyl sites for hydroxylation is 1. The van der Waals surface area contributed by atoms with E-state index in [9.17, 15) is 8.42 Å². The van der Waals surface area contributed by atoms with Crippen molar-refractivity contribution in [2.24, 2.45) is 11.7 Å². The number of sulfonamides is 1. The van der Waals surface area contributed by atoms with Crippen molar-refractivity contribution in [1.29, 1.82) is 0 Å². The number of hydrogen-bond donors (Lipinski definition) is 1. The summed E-state index contributed by atoms with van der Waals surface area (Å²) in [6.45, 7) is 3.28. The highest BCUT2D eigenvalue weighted by molar-refractivity contribution is 7.89. The number of benzene rings is 2. The summed E-state index contributed by atoms with van der Waals surface area (Å²) in [7, 11) is -3.65. The highest BCUT2D eigenvalue weighted by Gasteiger charge is 2.40. The van der Waals surface area contributed by atoms with Crippen LogP contribution in [-0.2, 0) is 10.0 Å². The van der Waals surface area contributed by atoms with E-state index in [2.05, 4.69) is 4.98 Å². The summed E-state index contributed by atoms with van der Waals surface area (Å²) in [5, 5.41) is 0.838. The van der Waals surface area contributed by atoms with Crippen LogP contribution < -0.4 is 5.73 Å². The Kier molecular flexibility index (Phi) is 4.72. The average Bonchev–Trinajstić information content (AvgIpc) is 3.13. The van der Waals surface area contributed by atoms with Crippen LogP contribution in [0.25, 0.3) is 10.9 Å². The number of nitrogens with zero attached hydrogens (tertiary/aromatic N) is 2. The summed E-state index contributed by atoms with van der Waals surface area (Å²) >= 11 is 0. The van der Waals surface area contributed by atoms with E-state index >= 15 is 0 Å². The molecule has 1 aliphatic heterocycles. The molecule has 140 valence electrons. The molecule has 3 aromatic rings. The van der Waals surface area contributed by atoms with Crippen molar-refractivity contribution in [2.75, 3.05) is 19.6 Å². The molecule has 0 spiro atoms. The van der Waals surface area contributed by atoms with Crippen LogP contribution in [0.2, 0.25) is 0 Å². The van der Waals surface area contributed by atoms with Gasteiger partial charge >= 0.3 is 0 Å². The van der Waals surface area contributed by atoms with Gasteiger partial charge in [0, 0.05) is 30.6 Å². The van der Waals surface area contributed by atoms with Crippen LogP contribution in [-0.4, -0.2) is 37.3 Å². The molecule has 4 rings (SSSR count). The highest BCUT2D eigenvalue weighted by Crippen LogP contribution is 2.36. The van der Waals surface area contributed by atoms with Gasteiger partial charge in [0.2, 0.25) is 10.0 Å². The molecule has 0 bridgehead atoms. The lowest BCUT2D eigenvalue weighted by Crippen LogP contribution is -2.30. The maximum atomic E-state index is 13.4. The van der Waals surface area contributed by atoms with Crippen LogP contribution in [0.1, 0.15) is 17.0 Å². The molecular weight excluding hydrogens is 358 g/mol. The Morgan fingerprint density at radius 1 is 1.11 bits per heavy atom. The van der Waals surface area contributed by atoms with Gasteiger partial charge in [-0.15, -0.1) is 0 Å². The van der Waals surface area contributed by atoms with Crippen LogP contribution in [0.4, 0.5) is 0 Å². The van der Waals surface area contributed by atoms with Crippen molar-refractivity contribution in [2.45, 2.75) is 17.7 Å². The smallest absolute Gasteiger partial charge is 0.245 e. The quantitative estimate of drug-likeness (QED) is 0.754. The van der Waals surface area contributed by atoms with Gasteiger partial charge in [-0.25, -0.2) is 8.42 Å². The van der Waals surface area contributed by atoms with E-state index < -0.39 is 10.0 Å². The number of pyridine rings is 1. The standard InChI is InChI=1S/C21H23N3O2S/c1-15-10-17-8-5-9-20(21(17)23-12-15)27(25,26)24-13-18(11-22)19(14-24)16-6-3-2-4-7-16/h2-10,12,18-19H,11,13-14,22H2,1H3/t18-,19+/m1/s1. The monoisotopic (exact) mass is 381 g/mol. The van der Waals surface area contributed by atoms with Crippen molar-refractivity contribution in [3.05, 3.63) is 71.9 Å². The molecule has 0 unspecified atom stereocenters. The summed E-state index contributed by atoms with van der Waals surface area (Å²) in [6, 6.07) is 17.3. The maximum absolute atomic E-state index is 13.4. The summed E-state index contributed by atoms with van der Waals surface area (Å²) in [5.41, 5.74) is 8.64. The number of nitrogens with two attached hydrogens (primary N) is 1. The predicted octanol–water partition coefficient (Wildman–Crippen LogP) is 2.91. The van der Waals surface area contributed by atoms with Crippen LogP contribution in [0.5, 0.6) is 0 Å². The van der Waals surface area contributed by atoms with Gasteiger partial charge in [0.1, 0.15) is 4.90 Å². The van der Waals surface area contributed by atoms with E-state index in [1.54, 1.807) is 22.6 Å². The van der Waals surface area contributed by atoms with Gasteiger partial charge in [-0.3, -0.25) is 4.98 Å². The van der Waals surface area contributed by atoms with Crippen molar-refractivity contribution < 1.29 is 8.42 Å². The second-order valence-corrected chi connectivity index (χ2v) is 9.08.